The maximum Gasteiger partial charge on any atom is 0.299 e. The molecule has 2 heterocycles. The molecule has 0 aliphatic carbocycles. The maximum atomic E-state index is 13.3. The summed E-state index contributed by atoms with van der Waals surface area (Å²) >= 11 is 5.97. The van der Waals surface area contributed by atoms with E-state index in [1.165, 1.54) is 10.9 Å². The lowest BCUT2D eigenvalue weighted by atomic mass is 10.1. The van der Waals surface area contributed by atoms with Crippen LogP contribution in [-0.4, -0.2) is 33.8 Å². The summed E-state index contributed by atoms with van der Waals surface area (Å²) in [6.45, 7) is 2.64. The third-order valence-corrected chi connectivity index (χ3v) is 5.35. The molecule has 0 bridgehead atoms. The van der Waals surface area contributed by atoms with Crippen molar-refractivity contribution in [2.24, 2.45) is 0 Å². The Morgan fingerprint density at radius 2 is 1.91 bits per heavy atom. The Labute approximate surface area is 207 Å². The van der Waals surface area contributed by atoms with Gasteiger partial charge in [-0.15, -0.1) is 0 Å². The van der Waals surface area contributed by atoms with E-state index in [1.54, 1.807) is 54.7 Å². The summed E-state index contributed by atoms with van der Waals surface area (Å²) in [5.41, 5.74) is 2.30. The minimum absolute atomic E-state index is 0.213. The van der Waals surface area contributed by atoms with Crippen molar-refractivity contribution in [1.82, 2.24) is 20.1 Å². The van der Waals surface area contributed by atoms with E-state index in [0.29, 0.717) is 47.3 Å². The molecule has 8 nitrogen and oxygen atoms in total. The maximum absolute atomic E-state index is 13.3. The van der Waals surface area contributed by atoms with Crippen molar-refractivity contribution in [3.05, 3.63) is 106 Å². The lowest BCUT2D eigenvalue weighted by Gasteiger charge is -2.14. The summed E-state index contributed by atoms with van der Waals surface area (Å²) in [6, 6.07) is 19.4. The molecule has 178 valence electrons. The van der Waals surface area contributed by atoms with Crippen LogP contribution in [0.25, 0.3) is 5.69 Å². The molecule has 2 aromatic heterocycles. The highest BCUT2D eigenvalue weighted by molar-refractivity contribution is 6.30. The van der Waals surface area contributed by atoms with Crippen molar-refractivity contribution in [2.75, 3.05) is 18.5 Å². The van der Waals surface area contributed by atoms with Crippen LogP contribution in [0.15, 0.2) is 83.9 Å². The van der Waals surface area contributed by atoms with Gasteiger partial charge in [-0.2, -0.15) is 9.78 Å². The molecule has 0 fully saturated rings. The van der Waals surface area contributed by atoms with Crippen LogP contribution in [-0.2, 0) is 6.42 Å². The van der Waals surface area contributed by atoms with Crippen LogP contribution in [0.2, 0.25) is 5.02 Å². The predicted molar refractivity (Wildman–Crippen MR) is 136 cm³/mol. The van der Waals surface area contributed by atoms with Crippen molar-refractivity contribution in [2.45, 2.75) is 13.3 Å². The number of carbonyl (C=O) groups is 1. The number of ether oxygens (including phenoxy) is 1. The minimum atomic E-state index is -0.400. The Bertz CT molecular complexity index is 1360. The quantitative estimate of drug-likeness (QED) is 0.361. The van der Waals surface area contributed by atoms with E-state index in [1.807, 2.05) is 25.1 Å². The zero-order chi connectivity index (χ0) is 24.6. The second kappa shape index (κ2) is 11.3. The number of nitrogens with one attached hydrogen (secondary N) is 2. The van der Waals surface area contributed by atoms with Gasteiger partial charge >= 0.3 is 0 Å². The second-order valence-electron chi connectivity index (χ2n) is 7.54. The van der Waals surface area contributed by atoms with Crippen molar-refractivity contribution in [1.29, 1.82) is 0 Å². The standard InChI is InChI=1S/C26H24ClN5O3/c1-2-35-23-17-30-32(22-11-9-19(27)10-12-22)26(34)24(23)31-21-8-5-6-18(16-21)25(33)29-15-13-20-7-3-4-14-28-20/h3-12,14,16-17,31H,2,13,15H2,1H3,(H,29,33). The zero-order valence-electron chi connectivity index (χ0n) is 19.1. The smallest absolute Gasteiger partial charge is 0.299 e. The highest BCUT2D eigenvalue weighted by Gasteiger charge is 2.15. The van der Waals surface area contributed by atoms with Crippen molar-refractivity contribution < 1.29 is 9.53 Å². The Morgan fingerprint density at radius 1 is 1.09 bits per heavy atom. The minimum Gasteiger partial charge on any atom is -0.490 e. The van der Waals surface area contributed by atoms with Crippen LogP contribution in [0.1, 0.15) is 23.0 Å². The molecule has 0 atom stereocenters. The Morgan fingerprint density at radius 3 is 2.66 bits per heavy atom. The Kier molecular flexibility index (Phi) is 7.74. The topological polar surface area (TPSA) is 98.1 Å². The molecule has 2 aromatic carbocycles. The average Bonchev–Trinajstić information content (AvgIpc) is 2.88. The first kappa shape index (κ1) is 24.0. The molecular weight excluding hydrogens is 466 g/mol. The lowest BCUT2D eigenvalue weighted by molar-refractivity contribution is 0.0954. The van der Waals surface area contributed by atoms with Crippen LogP contribution >= 0.6 is 11.6 Å². The number of benzene rings is 2. The van der Waals surface area contributed by atoms with E-state index >= 15 is 0 Å². The summed E-state index contributed by atoms with van der Waals surface area (Å²) in [5, 5.41) is 10.8. The van der Waals surface area contributed by atoms with Crippen LogP contribution in [0.5, 0.6) is 5.75 Å². The number of hydrogen-bond donors (Lipinski definition) is 2. The Hall–Kier alpha value is -4.17. The molecule has 4 rings (SSSR count). The summed E-state index contributed by atoms with van der Waals surface area (Å²) in [7, 11) is 0. The van der Waals surface area contributed by atoms with Gasteiger partial charge in [0.1, 0.15) is 0 Å². The van der Waals surface area contributed by atoms with Gasteiger partial charge in [-0.3, -0.25) is 14.6 Å². The van der Waals surface area contributed by atoms with Crippen molar-refractivity contribution in [3.63, 3.8) is 0 Å². The van der Waals surface area contributed by atoms with Gasteiger partial charge in [0.15, 0.2) is 11.4 Å². The van der Waals surface area contributed by atoms with Crippen LogP contribution < -0.4 is 20.9 Å². The first-order chi connectivity index (χ1) is 17.0. The molecule has 2 N–H and O–H groups in total. The predicted octanol–water partition coefficient (Wildman–Crippen LogP) is 4.40. The fourth-order valence-corrected chi connectivity index (χ4v) is 3.55. The molecule has 4 aromatic rings. The first-order valence-electron chi connectivity index (χ1n) is 11.1. The van der Waals surface area contributed by atoms with Crippen molar-refractivity contribution >= 4 is 28.9 Å². The molecule has 0 unspecified atom stereocenters. The van der Waals surface area contributed by atoms with Gasteiger partial charge in [0.25, 0.3) is 11.5 Å². The number of pyridine rings is 1. The summed E-state index contributed by atoms with van der Waals surface area (Å²) in [5.74, 6) is 0.0934. The van der Waals surface area contributed by atoms with E-state index in [2.05, 4.69) is 20.7 Å². The number of hydrogen-bond acceptors (Lipinski definition) is 6. The van der Waals surface area contributed by atoms with E-state index in [-0.39, 0.29) is 11.6 Å². The number of rotatable bonds is 9. The SMILES string of the molecule is CCOc1cnn(-c2ccc(Cl)cc2)c(=O)c1Nc1cccc(C(=O)NCCc2ccccn2)c1. The third kappa shape index (κ3) is 6.04. The molecule has 35 heavy (non-hydrogen) atoms. The molecule has 0 spiro atoms. The van der Waals surface area contributed by atoms with E-state index in [9.17, 15) is 9.59 Å². The summed E-state index contributed by atoms with van der Waals surface area (Å²) in [6.07, 6.45) is 3.84. The lowest BCUT2D eigenvalue weighted by Crippen LogP contribution is -2.26. The van der Waals surface area contributed by atoms with Gasteiger partial charge < -0.3 is 15.4 Å². The fraction of sp³-hybridized carbons (Fsp3) is 0.154. The number of halogens is 1. The van der Waals surface area contributed by atoms with Gasteiger partial charge in [0, 0.05) is 41.1 Å². The fourth-order valence-electron chi connectivity index (χ4n) is 3.42. The van der Waals surface area contributed by atoms with Gasteiger partial charge in [-0.25, -0.2) is 0 Å². The molecule has 1 amide bonds. The molecule has 0 aliphatic rings. The third-order valence-electron chi connectivity index (χ3n) is 5.10. The molecule has 9 heteroatoms. The Balaban J connectivity index is 1.54. The summed E-state index contributed by atoms with van der Waals surface area (Å²) in [4.78, 5) is 30.2. The van der Waals surface area contributed by atoms with Crippen molar-refractivity contribution in [3.8, 4) is 11.4 Å². The number of nitrogens with zero attached hydrogens (tertiary/aromatic N) is 3. The van der Waals surface area contributed by atoms with Gasteiger partial charge in [-0.1, -0.05) is 23.7 Å². The number of anilines is 2. The van der Waals surface area contributed by atoms with Crippen LogP contribution in [0.3, 0.4) is 0 Å². The van der Waals surface area contributed by atoms with Gasteiger partial charge in [0.2, 0.25) is 0 Å². The highest BCUT2D eigenvalue weighted by Crippen LogP contribution is 2.25. The molecular formula is C26H24ClN5O3. The largest absolute Gasteiger partial charge is 0.490 e. The zero-order valence-corrected chi connectivity index (χ0v) is 19.8. The second-order valence-corrected chi connectivity index (χ2v) is 7.98. The van der Waals surface area contributed by atoms with Crippen LogP contribution in [0.4, 0.5) is 11.4 Å². The first-order valence-corrected chi connectivity index (χ1v) is 11.5. The van der Waals surface area contributed by atoms with E-state index in [4.69, 9.17) is 16.3 Å². The average molecular weight is 490 g/mol. The van der Waals surface area contributed by atoms with Gasteiger partial charge in [0.05, 0.1) is 18.5 Å². The van der Waals surface area contributed by atoms with Crippen LogP contribution in [0, 0.1) is 0 Å². The monoisotopic (exact) mass is 489 g/mol. The van der Waals surface area contributed by atoms with E-state index in [0.717, 1.165) is 5.69 Å². The molecule has 0 radical (unpaired) electrons. The van der Waals surface area contributed by atoms with E-state index < -0.39 is 5.56 Å². The van der Waals surface area contributed by atoms with Gasteiger partial charge in [-0.05, 0) is 61.5 Å². The number of amides is 1. The highest BCUT2D eigenvalue weighted by atomic mass is 35.5. The molecule has 0 aliphatic heterocycles. The normalized spacial score (nSPS) is 10.6. The molecule has 0 saturated heterocycles. The number of carbonyl (C=O) groups excluding carboxylic acids is 1. The number of aromatic nitrogens is 3. The molecule has 0 saturated carbocycles. The summed E-state index contributed by atoms with van der Waals surface area (Å²) < 4.78 is 6.89.